The molecule has 0 amide bonds. The standard InChI is InChI=1S/C23H29BO6/c1-22(2)23(3,4)30-24(29-22)18(14-21(25)26)17-11-12-19(20(13-17)27-5)28-15-16-9-7-6-8-10-16/h6-13,18H,14-15H2,1-5H3,(H,25,26). The van der Waals surface area contributed by atoms with E-state index < -0.39 is 30.1 Å². The number of hydrogen-bond acceptors (Lipinski definition) is 5. The van der Waals surface area contributed by atoms with Crippen LogP contribution in [-0.2, 0) is 20.7 Å². The van der Waals surface area contributed by atoms with E-state index in [-0.39, 0.29) is 6.42 Å². The lowest BCUT2D eigenvalue weighted by Gasteiger charge is -2.32. The van der Waals surface area contributed by atoms with Crippen molar-refractivity contribution in [3.63, 3.8) is 0 Å². The van der Waals surface area contributed by atoms with Crippen molar-refractivity contribution >= 4 is 13.1 Å². The summed E-state index contributed by atoms with van der Waals surface area (Å²) < 4.78 is 23.7. The Kier molecular flexibility index (Phi) is 6.43. The van der Waals surface area contributed by atoms with Gasteiger partial charge in [0, 0.05) is 5.82 Å². The fraction of sp³-hybridized carbons (Fsp3) is 0.435. The molecule has 0 aliphatic carbocycles. The zero-order valence-corrected chi connectivity index (χ0v) is 18.2. The van der Waals surface area contributed by atoms with Crippen LogP contribution >= 0.6 is 0 Å². The quantitative estimate of drug-likeness (QED) is 0.646. The number of carboxylic acid groups (broad SMARTS) is 1. The summed E-state index contributed by atoms with van der Waals surface area (Å²) in [7, 11) is 0.891. The third-order valence-electron chi connectivity index (χ3n) is 5.85. The SMILES string of the molecule is COc1cc(C(CC(=O)O)B2OC(C)(C)C(C)(C)O2)ccc1OCc1ccccc1. The highest BCUT2D eigenvalue weighted by molar-refractivity contribution is 6.48. The number of carboxylic acids is 1. The summed E-state index contributed by atoms with van der Waals surface area (Å²) in [6, 6.07) is 15.3. The molecule has 160 valence electrons. The Morgan fingerprint density at radius 2 is 1.67 bits per heavy atom. The van der Waals surface area contributed by atoms with Crippen LogP contribution < -0.4 is 9.47 Å². The monoisotopic (exact) mass is 412 g/mol. The van der Waals surface area contributed by atoms with E-state index in [1.807, 2.05) is 64.1 Å². The van der Waals surface area contributed by atoms with Crippen LogP contribution in [0.25, 0.3) is 0 Å². The van der Waals surface area contributed by atoms with Gasteiger partial charge in [0.05, 0.1) is 24.7 Å². The first kappa shape index (κ1) is 22.2. The molecule has 0 radical (unpaired) electrons. The molecule has 1 N–H and O–H groups in total. The lowest BCUT2D eigenvalue weighted by molar-refractivity contribution is -0.137. The molecule has 0 saturated carbocycles. The van der Waals surface area contributed by atoms with Gasteiger partial charge in [-0.05, 0) is 51.0 Å². The third kappa shape index (κ3) is 4.79. The molecule has 1 aliphatic heterocycles. The van der Waals surface area contributed by atoms with Crippen molar-refractivity contribution < 1.29 is 28.7 Å². The average molecular weight is 412 g/mol. The zero-order chi connectivity index (χ0) is 21.9. The number of rotatable bonds is 8. The van der Waals surface area contributed by atoms with E-state index in [2.05, 4.69) is 0 Å². The number of carbonyl (C=O) groups is 1. The molecule has 2 aromatic carbocycles. The summed E-state index contributed by atoms with van der Waals surface area (Å²) >= 11 is 0. The summed E-state index contributed by atoms with van der Waals surface area (Å²) in [6.45, 7) is 8.21. The summed E-state index contributed by atoms with van der Waals surface area (Å²) in [4.78, 5) is 11.6. The number of ether oxygens (including phenoxy) is 2. The third-order valence-corrected chi connectivity index (χ3v) is 5.85. The Morgan fingerprint density at radius 3 is 2.23 bits per heavy atom. The minimum Gasteiger partial charge on any atom is -0.493 e. The first-order valence-electron chi connectivity index (χ1n) is 10.0. The summed E-state index contributed by atoms with van der Waals surface area (Å²) in [5.41, 5.74) is 0.721. The Labute approximate surface area is 178 Å². The molecule has 6 nitrogen and oxygen atoms in total. The van der Waals surface area contributed by atoms with Crippen LogP contribution in [-0.4, -0.2) is 36.5 Å². The summed E-state index contributed by atoms with van der Waals surface area (Å²) in [6.07, 6.45) is -0.121. The molecule has 1 atom stereocenters. The van der Waals surface area contributed by atoms with Gasteiger partial charge < -0.3 is 23.9 Å². The van der Waals surface area contributed by atoms with Crippen molar-refractivity contribution in [3.05, 3.63) is 59.7 Å². The first-order chi connectivity index (χ1) is 14.1. The van der Waals surface area contributed by atoms with E-state index in [0.29, 0.717) is 18.1 Å². The van der Waals surface area contributed by atoms with E-state index in [0.717, 1.165) is 11.1 Å². The zero-order valence-electron chi connectivity index (χ0n) is 18.2. The summed E-state index contributed by atoms with van der Waals surface area (Å²) in [5.74, 6) is -0.276. The van der Waals surface area contributed by atoms with E-state index in [1.54, 1.807) is 19.2 Å². The molecular formula is C23H29BO6. The topological polar surface area (TPSA) is 74.2 Å². The van der Waals surface area contributed by atoms with Crippen LogP contribution in [0.15, 0.2) is 48.5 Å². The van der Waals surface area contributed by atoms with Gasteiger partial charge in [0.1, 0.15) is 6.61 Å². The summed E-state index contributed by atoms with van der Waals surface area (Å²) in [5, 5.41) is 9.49. The molecule has 1 aliphatic rings. The van der Waals surface area contributed by atoms with Crippen LogP contribution in [0.2, 0.25) is 0 Å². The Balaban J connectivity index is 1.84. The second-order valence-corrected chi connectivity index (χ2v) is 8.51. The molecule has 1 heterocycles. The molecule has 30 heavy (non-hydrogen) atoms. The van der Waals surface area contributed by atoms with Gasteiger partial charge in [0.2, 0.25) is 0 Å². The lowest BCUT2D eigenvalue weighted by atomic mass is 9.66. The maximum absolute atomic E-state index is 11.6. The minimum atomic E-state index is -0.918. The molecule has 0 spiro atoms. The van der Waals surface area contributed by atoms with Gasteiger partial charge in [0.25, 0.3) is 0 Å². The molecule has 0 aromatic heterocycles. The van der Waals surface area contributed by atoms with E-state index in [1.165, 1.54) is 0 Å². The molecule has 2 aromatic rings. The van der Waals surface area contributed by atoms with Crippen LogP contribution in [0.4, 0.5) is 0 Å². The Morgan fingerprint density at radius 1 is 1.03 bits per heavy atom. The molecule has 1 unspecified atom stereocenters. The molecule has 0 bridgehead atoms. The minimum absolute atomic E-state index is 0.121. The second-order valence-electron chi connectivity index (χ2n) is 8.51. The maximum atomic E-state index is 11.6. The average Bonchev–Trinajstić information content (AvgIpc) is 2.92. The predicted octanol–water partition coefficient (Wildman–Crippen LogP) is 4.46. The van der Waals surface area contributed by atoms with Crippen molar-refractivity contribution in [3.8, 4) is 11.5 Å². The fourth-order valence-corrected chi connectivity index (χ4v) is 3.38. The van der Waals surface area contributed by atoms with E-state index in [4.69, 9.17) is 18.8 Å². The van der Waals surface area contributed by atoms with Gasteiger partial charge in [-0.1, -0.05) is 36.4 Å². The highest BCUT2D eigenvalue weighted by Gasteiger charge is 2.54. The maximum Gasteiger partial charge on any atom is 0.466 e. The fourth-order valence-electron chi connectivity index (χ4n) is 3.38. The van der Waals surface area contributed by atoms with Crippen LogP contribution in [0.3, 0.4) is 0 Å². The van der Waals surface area contributed by atoms with Crippen molar-refractivity contribution in [2.24, 2.45) is 0 Å². The first-order valence-corrected chi connectivity index (χ1v) is 10.0. The highest BCUT2D eigenvalue weighted by atomic mass is 16.7. The lowest BCUT2D eigenvalue weighted by Crippen LogP contribution is -2.41. The predicted molar refractivity (Wildman–Crippen MR) is 115 cm³/mol. The highest BCUT2D eigenvalue weighted by Crippen LogP contribution is 2.43. The number of benzene rings is 2. The number of methoxy groups -OCH3 is 1. The number of aliphatic carboxylic acids is 1. The normalized spacial score (nSPS) is 18.1. The van der Waals surface area contributed by atoms with Gasteiger partial charge in [-0.3, -0.25) is 4.79 Å². The van der Waals surface area contributed by atoms with Crippen LogP contribution in [0, 0.1) is 0 Å². The van der Waals surface area contributed by atoms with Gasteiger partial charge >= 0.3 is 13.1 Å². The van der Waals surface area contributed by atoms with Crippen molar-refractivity contribution in [1.29, 1.82) is 0 Å². The largest absolute Gasteiger partial charge is 0.493 e. The number of hydrogen-bond donors (Lipinski definition) is 1. The van der Waals surface area contributed by atoms with Gasteiger partial charge in [0.15, 0.2) is 11.5 Å². The van der Waals surface area contributed by atoms with E-state index >= 15 is 0 Å². The molecule has 1 fully saturated rings. The van der Waals surface area contributed by atoms with Crippen molar-refractivity contribution in [2.75, 3.05) is 7.11 Å². The van der Waals surface area contributed by atoms with Gasteiger partial charge in [-0.15, -0.1) is 0 Å². The van der Waals surface area contributed by atoms with E-state index in [9.17, 15) is 9.90 Å². The second kappa shape index (κ2) is 8.70. The molecule has 1 saturated heterocycles. The van der Waals surface area contributed by atoms with Crippen molar-refractivity contribution in [2.45, 2.75) is 57.7 Å². The van der Waals surface area contributed by atoms with Crippen molar-refractivity contribution in [1.82, 2.24) is 0 Å². The van der Waals surface area contributed by atoms with Gasteiger partial charge in [-0.25, -0.2) is 0 Å². The Bertz CT molecular complexity index is 865. The smallest absolute Gasteiger partial charge is 0.466 e. The molecule has 7 heteroatoms. The van der Waals surface area contributed by atoms with Crippen LogP contribution in [0.5, 0.6) is 11.5 Å². The van der Waals surface area contributed by atoms with Crippen LogP contribution in [0.1, 0.15) is 51.1 Å². The Hall–Kier alpha value is -2.51. The molecule has 3 rings (SSSR count). The van der Waals surface area contributed by atoms with Gasteiger partial charge in [-0.2, -0.15) is 0 Å². The molecular weight excluding hydrogens is 383 g/mol.